The summed E-state index contributed by atoms with van der Waals surface area (Å²) in [6, 6.07) is 0. The van der Waals surface area contributed by atoms with E-state index >= 15 is 0 Å². The van der Waals surface area contributed by atoms with Gasteiger partial charge in [-0.15, -0.1) is 0 Å². The van der Waals surface area contributed by atoms with Gasteiger partial charge in [-0.2, -0.15) is 0 Å². The first kappa shape index (κ1) is 15.1. The van der Waals surface area contributed by atoms with Crippen LogP contribution in [0.3, 0.4) is 0 Å². The molecule has 1 fully saturated rings. The maximum absolute atomic E-state index is 4.74. The van der Waals surface area contributed by atoms with E-state index in [9.17, 15) is 0 Å². The Labute approximate surface area is 122 Å². The topological polar surface area (TPSA) is 49.8 Å². The van der Waals surface area contributed by atoms with Crippen LogP contribution in [0.25, 0.3) is 0 Å². The highest BCUT2D eigenvalue weighted by molar-refractivity contribution is 5.57. The third-order valence-electron chi connectivity index (χ3n) is 3.66. The average molecular weight is 276 g/mol. The van der Waals surface area contributed by atoms with Crippen LogP contribution in [0.4, 0.5) is 11.6 Å². The van der Waals surface area contributed by atoms with Crippen molar-refractivity contribution in [3.63, 3.8) is 0 Å². The van der Waals surface area contributed by atoms with Crippen molar-refractivity contribution in [3.05, 3.63) is 11.4 Å². The van der Waals surface area contributed by atoms with Gasteiger partial charge in [-0.1, -0.05) is 20.8 Å². The van der Waals surface area contributed by atoms with Gasteiger partial charge in [0, 0.05) is 24.6 Å². The Morgan fingerprint density at radius 2 is 1.70 bits per heavy atom. The molecule has 0 saturated heterocycles. The maximum Gasteiger partial charge on any atom is 0.136 e. The van der Waals surface area contributed by atoms with Gasteiger partial charge in [0.2, 0.25) is 0 Å². The van der Waals surface area contributed by atoms with Crippen LogP contribution in [0, 0.1) is 12.8 Å². The van der Waals surface area contributed by atoms with Crippen molar-refractivity contribution in [3.8, 4) is 0 Å². The van der Waals surface area contributed by atoms with Gasteiger partial charge >= 0.3 is 0 Å². The normalized spacial score (nSPS) is 14.7. The molecule has 2 N–H and O–H groups in total. The molecule has 1 aromatic heterocycles. The summed E-state index contributed by atoms with van der Waals surface area (Å²) in [5.74, 6) is 4.34. The maximum atomic E-state index is 4.74. The van der Waals surface area contributed by atoms with Gasteiger partial charge in [0.15, 0.2) is 0 Å². The van der Waals surface area contributed by atoms with Crippen LogP contribution < -0.4 is 10.6 Å². The third-order valence-corrected chi connectivity index (χ3v) is 3.66. The van der Waals surface area contributed by atoms with E-state index in [2.05, 4.69) is 38.3 Å². The number of nitrogens with one attached hydrogen (secondary N) is 2. The van der Waals surface area contributed by atoms with E-state index in [1.807, 2.05) is 0 Å². The van der Waals surface area contributed by atoms with Gasteiger partial charge < -0.3 is 10.6 Å². The summed E-state index contributed by atoms with van der Waals surface area (Å²) in [5.41, 5.74) is 1.15. The molecule has 0 aliphatic heterocycles. The SMILES string of the molecule is CCCNc1nc(C2CC2)nc(NCCC(C)C)c1C. The summed E-state index contributed by atoms with van der Waals surface area (Å²) in [7, 11) is 0. The second-order valence-corrected chi connectivity index (χ2v) is 6.21. The molecule has 0 atom stereocenters. The first-order valence-corrected chi connectivity index (χ1v) is 7.98. The molecule has 0 radical (unpaired) electrons. The molecule has 4 nitrogen and oxygen atoms in total. The van der Waals surface area contributed by atoms with Crippen molar-refractivity contribution in [2.24, 2.45) is 5.92 Å². The van der Waals surface area contributed by atoms with E-state index in [-0.39, 0.29) is 0 Å². The number of aromatic nitrogens is 2. The van der Waals surface area contributed by atoms with Gasteiger partial charge in [-0.05, 0) is 38.5 Å². The fourth-order valence-electron chi connectivity index (χ4n) is 2.12. The smallest absolute Gasteiger partial charge is 0.136 e. The van der Waals surface area contributed by atoms with E-state index in [1.165, 1.54) is 19.3 Å². The van der Waals surface area contributed by atoms with E-state index in [1.54, 1.807) is 0 Å². The molecule has 0 spiro atoms. The Kier molecular flexibility index (Phi) is 5.21. The molecule has 112 valence electrons. The van der Waals surface area contributed by atoms with Crippen LogP contribution in [0.5, 0.6) is 0 Å². The lowest BCUT2D eigenvalue weighted by molar-refractivity contribution is 0.606. The van der Waals surface area contributed by atoms with Gasteiger partial charge in [0.1, 0.15) is 17.5 Å². The molecule has 1 saturated carbocycles. The lowest BCUT2D eigenvalue weighted by Crippen LogP contribution is -2.13. The molecule has 1 aliphatic rings. The molecule has 0 unspecified atom stereocenters. The molecule has 0 bridgehead atoms. The quantitative estimate of drug-likeness (QED) is 0.755. The van der Waals surface area contributed by atoms with E-state index in [0.29, 0.717) is 11.8 Å². The molecule has 20 heavy (non-hydrogen) atoms. The summed E-state index contributed by atoms with van der Waals surface area (Å²) >= 11 is 0. The van der Waals surface area contributed by atoms with Crippen molar-refractivity contribution in [2.75, 3.05) is 23.7 Å². The molecular weight excluding hydrogens is 248 g/mol. The average Bonchev–Trinajstić information content (AvgIpc) is 3.23. The second kappa shape index (κ2) is 6.91. The zero-order valence-electron chi connectivity index (χ0n) is 13.3. The first-order chi connectivity index (χ1) is 9.61. The minimum Gasteiger partial charge on any atom is -0.370 e. The Bertz CT molecular complexity index is 438. The number of hydrogen-bond donors (Lipinski definition) is 2. The fraction of sp³-hybridized carbons (Fsp3) is 0.750. The van der Waals surface area contributed by atoms with Crippen LogP contribution in [-0.2, 0) is 0 Å². The predicted octanol–water partition coefficient (Wildman–Crippen LogP) is 3.94. The highest BCUT2D eigenvalue weighted by atomic mass is 15.1. The van der Waals surface area contributed by atoms with Crippen LogP contribution in [0.1, 0.15) is 63.8 Å². The van der Waals surface area contributed by atoms with Crippen molar-refractivity contribution < 1.29 is 0 Å². The van der Waals surface area contributed by atoms with E-state index < -0.39 is 0 Å². The van der Waals surface area contributed by atoms with E-state index in [0.717, 1.165) is 42.5 Å². The molecule has 2 rings (SSSR count). The number of rotatable bonds is 8. The monoisotopic (exact) mass is 276 g/mol. The highest BCUT2D eigenvalue weighted by Gasteiger charge is 2.28. The summed E-state index contributed by atoms with van der Waals surface area (Å²) < 4.78 is 0. The molecule has 1 heterocycles. The van der Waals surface area contributed by atoms with Gasteiger partial charge in [0.25, 0.3) is 0 Å². The molecule has 1 aromatic rings. The van der Waals surface area contributed by atoms with Gasteiger partial charge in [0.05, 0.1) is 0 Å². The van der Waals surface area contributed by atoms with Gasteiger partial charge in [-0.25, -0.2) is 9.97 Å². The zero-order chi connectivity index (χ0) is 14.5. The predicted molar refractivity (Wildman–Crippen MR) is 85.5 cm³/mol. The Morgan fingerprint density at radius 1 is 1.10 bits per heavy atom. The number of hydrogen-bond acceptors (Lipinski definition) is 4. The Balaban J connectivity index is 2.12. The van der Waals surface area contributed by atoms with Crippen molar-refractivity contribution in [1.29, 1.82) is 0 Å². The Hall–Kier alpha value is -1.32. The lowest BCUT2D eigenvalue weighted by Gasteiger charge is -2.15. The Morgan fingerprint density at radius 3 is 2.20 bits per heavy atom. The summed E-state index contributed by atoms with van der Waals surface area (Å²) in [6.07, 6.45) is 4.75. The highest BCUT2D eigenvalue weighted by Crippen LogP contribution is 2.39. The second-order valence-electron chi connectivity index (χ2n) is 6.21. The van der Waals surface area contributed by atoms with Crippen molar-refractivity contribution >= 4 is 11.6 Å². The summed E-state index contributed by atoms with van der Waals surface area (Å²) in [6.45, 7) is 10.7. The van der Waals surface area contributed by atoms with Gasteiger partial charge in [-0.3, -0.25) is 0 Å². The largest absolute Gasteiger partial charge is 0.370 e. The number of nitrogens with zero attached hydrogens (tertiary/aromatic N) is 2. The van der Waals surface area contributed by atoms with Crippen molar-refractivity contribution in [2.45, 2.75) is 59.3 Å². The molecule has 1 aliphatic carbocycles. The zero-order valence-corrected chi connectivity index (χ0v) is 13.3. The minimum absolute atomic E-state index is 0.587. The van der Waals surface area contributed by atoms with Crippen LogP contribution in [-0.4, -0.2) is 23.1 Å². The lowest BCUT2D eigenvalue weighted by atomic mass is 10.1. The standard InChI is InChI=1S/C16H28N4/c1-5-9-17-14-12(4)15(18-10-8-11(2)3)20-16(19-14)13-6-7-13/h11,13H,5-10H2,1-4H3,(H2,17,18,19,20). The van der Waals surface area contributed by atoms with E-state index in [4.69, 9.17) is 9.97 Å². The van der Waals surface area contributed by atoms with Crippen LogP contribution in [0.2, 0.25) is 0 Å². The van der Waals surface area contributed by atoms with Crippen LogP contribution >= 0.6 is 0 Å². The first-order valence-electron chi connectivity index (χ1n) is 7.98. The number of anilines is 2. The van der Waals surface area contributed by atoms with Crippen molar-refractivity contribution in [1.82, 2.24) is 9.97 Å². The van der Waals surface area contributed by atoms with Crippen LogP contribution in [0.15, 0.2) is 0 Å². The molecular formula is C16H28N4. The fourth-order valence-corrected chi connectivity index (χ4v) is 2.12. The minimum atomic E-state index is 0.587. The summed E-state index contributed by atoms with van der Waals surface area (Å²) in [4.78, 5) is 9.45. The molecule has 4 heteroatoms. The molecule has 0 amide bonds. The molecule has 0 aromatic carbocycles. The summed E-state index contributed by atoms with van der Waals surface area (Å²) in [5, 5.41) is 6.93. The third kappa shape index (κ3) is 4.09.